The van der Waals surface area contributed by atoms with Crippen molar-refractivity contribution in [3.05, 3.63) is 77.4 Å². The normalized spacial score (nSPS) is 13.3. The van der Waals surface area contributed by atoms with Crippen molar-refractivity contribution in [2.75, 3.05) is 18.5 Å². The Balaban J connectivity index is 1.54. The maximum atomic E-state index is 12.5. The highest BCUT2D eigenvalue weighted by Gasteiger charge is 2.25. The molecule has 184 valence electrons. The zero-order valence-electron chi connectivity index (χ0n) is 21.1. The highest BCUT2D eigenvalue weighted by atomic mass is 79.9. The number of hydrogen-bond acceptors (Lipinski definition) is 3. The fourth-order valence-electron chi connectivity index (χ4n) is 4.40. The highest BCUT2D eigenvalue weighted by molar-refractivity contribution is 9.09. The molecule has 0 N–H and O–H groups in total. The number of benzene rings is 3. The van der Waals surface area contributed by atoms with Gasteiger partial charge in [-0.05, 0) is 91.6 Å². The lowest BCUT2D eigenvalue weighted by molar-refractivity contribution is 0.0224. The van der Waals surface area contributed by atoms with Gasteiger partial charge in [-0.2, -0.15) is 0 Å². The van der Waals surface area contributed by atoms with Crippen molar-refractivity contribution < 1.29 is 14.3 Å². The van der Waals surface area contributed by atoms with Gasteiger partial charge in [-0.1, -0.05) is 64.5 Å². The quantitative estimate of drug-likeness (QED) is 0.239. The lowest BCUT2D eigenvalue weighted by Gasteiger charge is -2.31. The molecule has 0 atom stereocenters. The van der Waals surface area contributed by atoms with Crippen molar-refractivity contribution in [2.45, 2.75) is 52.7 Å². The number of rotatable bonds is 6. The van der Waals surface area contributed by atoms with Crippen molar-refractivity contribution in [1.29, 1.82) is 0 Å². The van der Waals surface area contributed by atoms with Gasteiger partial charge in [-0.25, -0.2) is 4.79 Å². The predicted molar refractivity (Wildman–Crippen MR) is 146 cm³/mol. The maximum Gasteiger partial charge on any atom is 0.410 e. The van der Waals surface area contributed by atoms with E-state index in [-0.39, 0.29) is 6.09 Å². The summed E-state index contributed by atoms with van der Waals surface area (Å²) in [7, 11) is 0. The largest absolute Gasteiger partial charge is 0.493 e. The fourth-order valence-corrected chi connectivity index (χ4v) is 4.63. The van der Waals surface area contributed by atoms with E-state index in [0.29, 0.717) is 19.7 Å². The SMILES string of the molecule is Cc1c(OCCCBr)cccc1-c1cccc(-c2ccc3c(c2)CCN(C(=O)OC(C)(C)C)C3)c1. The van der Waals surface area contributed by atoms with Crippen LogP contribution in [0, 0.1) is 6.92 Å². The van der Waals surface area contributed by atoms with Crippen LogP contribution in [-0.2, 0) is 17.7 Å². The summed E-state index contributed by atoms with van der Waals surface area (Å²) >= 11 is 3.46. The second-order valence-electron chi connectivity index (χ2n) is 10.0. The Morgan fingerprint density at radius 3 is 2.49 bits per heavy atom. The topological polar surface area (TPSA) is 38.8 Å². The van der Waals surface area contributed by atoms with Gasteiger partial charge >= 0.3 is 6.09 Å². The molecule has 0 radical (unpaired) electrons. The molecule has 4 nitrogen and oxygen atoms in total. The van der Waals surface area contributed by atoms with Crippen LogP contribution in [-0.4, -0.2) is 35.1 Å². The number of amides is 1. The number of carbonyl (C=O) groups is 1. The molecule has 3 aromatic carbocycles. The number of hydrogen-bond donors (Lipinski definition) is 0. The van der Waals surface area contributed by atoms with Gasteiger partial charge in [0.05, 0.1) is 6.61 Å². The second kappa shape index (κ2) is 10.9. The number of halogens is 1. The molecular weight excluding hydrogens is 502 g/mol. The average molecular weight is 537 g/mol. The van der Waals surface area contributed by atoms with Crippen LogP contribution >= 0.6 is 15.9 Å². The van der Waals surface area contributed by atoms with Gasteiger partial charge in [0, 0.05) is 18.4 Å². The summed E-state index contributed by atoms with van der Waals surface area (Å²) in [5, 5.41) is 0.938. The Labute approximate surface area is 217 Å². The molecule has 0 bridgehead atoms. The van der Waals surface area contributed by atoms with E-state index in [1.54, 1.807) is 4.90 Å². The Morgan fingerprint density at radius 2 is 1.71 bits per heavy atom. The number of ether oxygens (including phenoxy) is 2. The van der Waals surface area contributed by atoms with Crippen molar-refractivity contribution in [3.8, 4) is 28.0 Å². The van der Waals surface area contributed by atoms with Crippen LogP contribution in [0.1, 0.15) is 43.9 Å². The molecule has 5 heteroatoms. The predicted octanol–water partition coefficient (Wildman–Crippen LogP) is 7.79. The summed E-state index contributed by atoms with van der Waals surface area (Å²) < 4.78 is 11.6. The minimum absolute atomic E-state index is 0.242. The van der Waals surface area contributed by atoms with E-state index in [4.69, 9.17) is 9.47 Å². The summed E-state index contributed by atoms with van der Waals surface area (Å²) in [5.74, 6) is 0.942. The Kier molecular flexibility index (Phi) is 7.85. The lowest BCUT2D eigenvalue weighted by atomic mass is 9.92. The molecule has 1 aliphatic heterocycles. The molecule has 0 saturated carbocycles. The molecule has 0 aromatic heterocycles. The molecule has 4 rings (SSSR count). The summed E-state index contributed by atoms with van der Waals surface area (Å²) in [6, 6.07) is 21.5. The fraction of sp³-hybridized carbons (Fsp3) is 0.367. The van der Waals surface area contributed by atoms with Crippen LogP contribution in [0.4, 0.5) is 4.79 Å². The zero-order valence-corrected chi connectivity index (χ0v) is 22.7. The van der Waals surface area contributed by atoms with Crippen molar-refractivity contribution in [1.82, 2.24) is 4.90 Å². The molecule has 1 aliphatic rings. The second-order valence-corrected chi connectivity index (χ2v) is 10.8. The first kappa shape index (κ1) is 25.3. The minimum atomic E-state index is -0.482. The van der Waals surface area contributed by atoms with Gasteiger partial charge in [0.1, 0.15) is 11.4 Å². The third kappa shape index (κ3) is 6.26. The molecule has 0 fully saturated rings. The van der Waals surface area contributed by atoms with E-state index in [9.17, 15) is 4.79 Å². The van der Waals surface area contributed by atoms with E-state index in [2.05, 4.69) is 77.5 Å². The van der Waals surface area contributed by atoms with E-state index in [1.807, 2.05) is 26.8 Å². The molecule has 0 saturated heterocycles. The van der Waals surface area contributed by atoms with Gasteiger partial charge in [0.2, 0.25) is 0 Å². The summed E-state index contributed by atoms with van der Waals surface area (Å²) in [5.41, 5.74) is 7.91. The van der Waals surface area contributed by atoms with Crippen molar-refractivity contribution in [3.63, 3.8) is 0 Å². The average Bonchev–Trinajstić information content (AvgIpc) is 2.83. The number of alkyl halides is 1. The lowest BCUT2D eigenvalue weighted by Crippen LogP contribution is -2.39. The third-order valence-corrected chi connectivity index (χ3v) is 6.76. The van der Waals surface area contributed by atoms with Crippen LogP contribution in [0.15, 0.2) is 60.7 Å². The van der Waals surface area contributed by atoms with Crippen LogP contribution in [0.5, 0.6) is 5.75 Å². The molecule has 1 heterocycles. The van der Waals surface area contributed by atoms with Gasteiger partial charge in [-0.3, -0.25) is 0 Å². The van der Waals surface area contributed by atoms with Crippen molar-refractivity contribution in [2.24, 2.45) is 0 Å². The Morgan fingerprint density at radius 1 is 0.971 bits per heavy atom. The van der Waals surface area contributed by atoms with Crippen LogP contribution < -0.4 is 4.74 Å². The summed E-state index contributed by atoms with van der Waals surface area (Å²) in [4.78, 5) is 14.3. The first-order valence-corrected chi connectivity index (χ1v) is 13.4. The highest BCUT2D eigenvalue weighted by Crippen LogP contribution is 2.34. The molecule has 1 amide bonds. The van der Waals surface area contributed by atoms with E-state index >= 15 is 0 Å². The van der Waals surface area contributed by atoms with Gasteiger partial charge in [-0.15, -0.1) is 0 Å². The molecule has 35 heavy (non-hydrogen) atoms. The number of nitrogens with zero attached hydrogens (tertiary/aromatic N) is 1. The van der Waals surface area contributed by atoms with Gasteiger partial charge in [0.15, 0.2) is 0 Å². The number of fused-ring (bicyclic) bond motifs is 1. The molecule has 0 spiro atoms. The Hall–Kier alpha value is -2.79. The maximum absolute atomic E-state index is 12.5. The molecular formula is C30H34BrNO3. The molecule has 0 unspecified atom stereocenters. The minimum Gasteiger partial charge on any atom is -0.493 e. The van der Waals surface area contributed by atoms with Crippen LogP contribution in [0.25, 0.3) is 22.3 Å². The smallest absolute Gasteiger partial charge is 0.410 e. The van der Waals surface area contributed by atoms with E-state index in [1.165, 1.54) is 33.4 Å². The van der Waals surface area contributed by atoms with Crippen molar-refractivity contribution >= 4 is 22.0 Å². The van der Waals surface area contributed by atoms with Gasteiger partial charge < -0.3 is 14.4 Å². The van der Waals surface area contributed by atoms with Crippen LogP contribution in [0.3, 0.4) is 0 Å². The summed E-state index contributed by atoms with van der Waals surface area (Å²) in [6.45, 7) is 9.80. The van der Waals surface area contributed by atoms with Gasteiger partial charge in [0.25, 0.3) is 0 Å². The first-order chi connectivity index (χ1) is 16.7. The monoisotopic (exact) mass is 535 g/mol. The van der Waals surface area contributed by atoms with E-state index in [0.717, 1.165) is 29.5 Å². The third-order valence-electron chi connectivity index (χ3n) is 6.20. The number of carbonyl (C=O) groups excluding carboxylic acids is 1. The summed E-state index contributed by atoms with van der Waals surface area (Å²) in [6.07, 6.45) is 1.57. The van der Waals surface area contributed by atoms with E-state index < -0.39 is 5.60 Å². The standard InChI is InChI=1S/C30H34BrNO3/c1-21-27(10-6-11-28(21)34-17-7-15-31)25-9-5-8-22(19-25)23-12-13-26-20-32(16-14-24(26)18-23)29(33)35-30(2,3)4/h5-6,8-13,18-19H,7,14-17,20H2,1-4H3. The first-order valence-electron chi connectivity index (χ1n) is 12.2. The van der Waals surface area contributed by atoms with Crippen LogP contribution in [0.2, 0.25) is 0 Å². The Bertz CT molecular complexity index is 1200. The zero-order chi connectivity index (χ0) is 25.0. The molecule has 3 aromatic rings. The molecule has 0 aliphatic carbocycles.